The van der Waals surface area contributed by atoms with Crippen LogP contribution in [0.25, 0.3) is 10.8 Å². The smallest absolute Gasteiger partial charge is 0.247 e. The first-order valence-electron chi connectivity index (χ1n) is 10.7. The lowest BCUT2D eigenvalue weighted by Crippen LogP contribution is -2.12. The highest BCUT2D eigenvalue weighted by molar-refractivity contribution is 6.32. The van der Waals surface area contributed by atoms with E-state index in [2.05, 4.69) is 44.6 Å². The van der Waals surface area contributed by atoms with Crippen LogP contribution in [0.3, 0.4) is 0 Å². The Balaban J connectivity index is 1.60. The highest BCUT2D eigenvalue weighted by Crippen LogP contribution is 2.28. The molecule has 4 aromatic rings. The molecule has 1 aromatic heterocycles. The van der Waals surface area contributed by atoms with Gasteiger partial charge >= 0.3 is 0 Å². The highest BCUT2D eigenvalue weighted by atomic mass is 35.5. The maximum Gasteiger partial charge on any atom is 0.247 e. The summed E-state index contributed by atoms with van der Waals surface area (Å²) in [7, 11) is 3.96. The molecule has 0 aliphatic rings. The average Bonchev–Trinajstić information content (AvgIpc) is 2.80. The van der Waals surface area contributed by atoms with E-state index in [0.29, 0.717) is 29.0 Å². The fourth-order valence-corrected chi connectivity index (χ4v) is 3.67. The van der Waals surface area contributed by atoms with Crippen LogP contribution in [0.1, 0.15) is 5.56 Å². The number of nitrogens with zero attached hydrogens (tertiary/aromatic N) is 3. The Morgan fingerprint density at radius 1 is 1.00 bits per heavy atom. The van der Waals surface area contributed by atoms with Crippen LogP contribution in [0.2, 0.25) is 5.02 Å². The minimum Gasteiger partial charge on any atom is -0.339 e. The van der Waals surface area contributed by atoms with E-state index in [4.69, 9.17) is 11.6 Å². The van der Waals surface area contributed by atoms with Crippen LogP contribution in [0.15, 0.2) is 79.5 Å². The number of carbonyl (C=O) groups excluding carboxylic acids is 1. The second-order valence-corrected chi connectivity index (χ2v) is 8.46. The molecule has 7 nitrogen and oxygen atoms in total. The zero-order valence-corrected chi connectivity index (χ0v) is 19.7. The molecule has 0 aliphatic carbocycles. The van der Waals surface area contributed by atoms with Gasteiger partial charge in [-0.2, -0.15) is 4.98 Å². The van der Waals surface area contributed by atoms with Gasteiger partial charge in [0.05, 0.1) is 6.20 Å². The zero-order valence-electron chi connectivity index (χ0n) is 19.0. The lowest BCUT2D eigenvalue weighted by atomic mass is 10.1. The van der Waals surface area contributed by atoms with Gasteiger partial charge in [-0.15, -0.1) is 0 Å². The number of hydrogen-bond donors (Lipinski definition) is 3. The Morgan fingerprint density at radius 3 is 2.53 bits per heavy atom. The molecular formula is C26H25ClN6O. The molecule has 0 fully saturated rings. The van der Waals surface area contributed by atoms with Crippen molar-refractivity contribution < 1.29 is 4.79 Å². The van der Waals surface area contributed by atoms with Gasteiger partial charge in [-0.3, -0.25) is 4.79 Å². The van der Waals surface area contributed by atoms with Crippen molar-refractivity contribution in [2.45, 2.75) is 6.54 Å². The first-order chi connectivity index (χ1) is 16.4. The van der Waals surface area contributed by atoms with Gasteiger partial charge in [-0.1, -0.05) is 48.5 Å². The summed E-state index contributed by atoms with van der Waals surface area (Å²) in [6.07, 6.45) is 2.78. The third kappa shape index (κ3) is 5.89. The summed E-state index contributed by atoms with van der Waals surface area (Å²) in [6, 6.07) is 19.9. The number of halogens is 1. The van der Waals surface area contributed by atoms with Gasteiger partial charge in [-0.25, -0.2) is 4.98 Å². The lowest BCUT2D eigenvalue weighted by molar-refractivity contribution is -0.111. The van der Waals surface area contributed by atoms with Crippen molar-refractivity contribution in [3.05, 3.63) is 90.1 Å². The van der Waals surface area contributed by atoms with E-state index in [9.17, 15) is 4.79 Å². The Kier molecular flexibility index (Phi) is 7.06. The van der Waals surface area contributed by atoms with E-state index in [-0.39, 0.29) is 5.91 Å². The molecule has 0 bridgehead atoms. The zero-order chi connectivity index (χ0) is 24.1. The molecule has 1 heterocycles. The minimum atomic E-state index is -0.280. The molecule has 3 N–H and O–H groups in total. The van der Waals surface area contributed by atoms with Gasteiger partial charge in [0.2, 0.25) is 11.9 Å². The normalized spacial score (nSPS) is 10.8. The number of anilines is 5. The molecule has 3 aromatic carbocycles. The number of nitrogens with one attached hydrogen (secondary N) is 3. The Morgan fingerprint density at radius 2 is 1.76 bits per heavy atom. The molecule has 0 aliphatic heterocycles. The number of hydrogen-bond acceptors (Lipinski definition) is 6. The predicted molar refractivity (Wildman–Crippen MR) is 140 cm³/mol. The van der Waals surface area contributed by atoms with E-state index >= 15 is 0 Å². The van der Waals surface area contributed by atoms with E-state index in [1.54, 1.807) is 6.20 Å². The molecule has 1 amide bonds. The summed E-state index contributed by atoms with van der Waals surface area (Å²) in [5, 5.41) is 12.0. The van der Waals surface area contributed by atoms with Crippen LogP contribution < -0.4 is 16.0 Å². The maximum absolute atomic E-state index is 11.8. The Bertz CT molecular complexity index is 1350. The second kappa shape index (κ2) is 10.3. The quantitative estimate of drug-likeness (QED) is 0.275. The monoisotopic (exact) mass is 472 g/mol. The van der Waals surface area contributed by atoms with Gasteiger partial charge in [0, 0.05) is 23.6 Å². The maximum atomic E-state index is 11.8. The summed E-state index contributed by atoms with van der Waals surface area (Å²) in [5.74, 6) is 0.576. The number of fused-ring (bicyclic) bond motifs is 1. The van der Waals surface area contributed by atoms with Crippen molar-refractivity contribution in [3.8, 4) is 0 Å². The fraction of sp³-hybridized carbons (Fsp3) is 0.115. The minimum absolute atomic E-state index is 0.280. The van der Waals surface area contributed by atoms with E-state index in [1.165, 1.54) is 6.08 Å². The van der Waals surface area contributed by atoms with Crippen molar-refractivity contribution in [2.24, 2.45) is 0 Å². The van der Waals surface area contributed by atoms with Crippen molar-refractivity contribution in [3.63, 3.8) is 0 Å². The van der Waals surface area contributed by atoms with Crippen LogP contribution in [0, 0.1) is 0 Å². The summed E-state index contributed by atoms with van der Waals surface area (Å²) in [6.45, 7) is 4.21. The highest BCUT2D eigenvalue weighted by Gasteiger charge is 2.10. The summed E-state index contributed by atoms with van der Waals surface area (Å²) in [4.78, 5) is 22.7. The van der Waals surface area contributed by atoms with Crippen LogP contribution in [-0.2, 0) is 11.3 Å². The molecule has 0 radical (unpaired) electrons. The summed E-state index contributed by atoms with van der Waals surface area (Å²) in [5.41, 5.74) is 3.26. The number of carbonyl (C=O) groups is 1. The topological polar surface area (TPSA) is 82.2 Å². The SMILES string of the molecule is C=CC(=O)Nc1cc(CN(C)C)cc(Nc2ncc(Cl)c(Nc3ccc4ccccc4c3)n2)c1. The molecule has 0 unspecified atom stereocenters. The molecule has 0 saturated carbocycles. The number of rotatable bonds is 8. The fourth-order valence-electron chi connectivity index (χ4n) is 3.53. The van der Waals surface area contributed by atoms with Crippen molar-refractivity contribution in [2.75, 3.05) is 30.0 Å². The van der Waals surface area contributed by atoms with E-state index in [0.717, 1.165) is 27.7 Å². The number of benzene rings is 3. The molecular weight excluding hydrogens is 448 g/mol. The molecule has 172 valence electrons. The first kappa shape index (κ1) is 23.2. The Labute approximate surface area is 203 Å². The molecule has 0 saturated heterocycles. The second-order valence-electron chi connectivity index (χ2n) is 8.05. The first-order valence-corrected chi connectivity index (χ1v) is 11.0. The lowest BCUT2D eigenvalue weighted by Gasteiger charge is -2.15. The molecule has 8 heteroatoms. The van der Waals surface area contributed by atoms with Gasteiger partial charge < -0.3 is 20.9 Å². The van der Waals surface area contributed by atoms with Gasteiger partial charge in [-0.05, 0) is 66.8 Å². The van der Waals surface area contributed by atoms with E-state index in [1.807, 2.05) is 67.5 Å². The van der Waals surface area contributed by atoms with Gasteiger partial charge in [0.15, 0.2) is 5.82 Å². The summed E-state index contributed by atoms with van der Waals surface area (Å²) >= 11 is 6.37. The molecule has 34 heavy (non-hydrogen) atoms. The van der Waals surface area contributed by atoms with Crippen LogP contribution >= 0.6 is 11.6 Å². The van der Waals surface area contributed by atoms with Crippen LogP contribution in [-0.4, -0.2) is 34.9 Å². The third-order valence-electron chi connectivity index (χ3n) is 4.96. The molecule has 4 rings (SSSR count). The van der Waals surface area contributed by atoms with E-state index < -0.39 is 0 Å². The molecule has 0 atom stereocenters. The third-order valence-corrected chi connectivity index (χ3v) is 5.23. The Hall–Kier alpha value is -3.94. The molecule has 0 spiro atoms. The van der Waals surface area contributed by atoms with Crippen molar-refractivity contribution in [1.29, 1.82) is 0 Å². The van der Waals surface area contributed by atoms with Crippen molar-refractivity contribution >= 4 is 57.1 Å². The van der Waals surface area contributed by atoms with Crippen LogP contribution in [0.5, 0.6) is 0 Å². The van der Waals surface area contributed by atoms with Crippen LogP contribution in [0.4, 0.5) is 28.8 Å². The number of aromatic nitrogens is 2. The predicted octanol–water partition coefficient (Wildman–Crippen LogP) is 5.96. The largest absolute Gasteiger partial charge is 0.339 e. The standard InChI is InChI=1S/C26H25ClN6O/c1-4-24(34)29-21-11-17(16-33(2)3)12-22(14-21)31-26-28-15-23(27)25(32-26)30-20-10-9-18-7-5-6-8-19(18)13-20/h4-15H,1,16H2,2-3H3,(H,29,34)(H2,28,30,31,32). The number of amides is 1. The summed E-state index contributed by atoms with van der Waals surface area (Å²) < 4.78 is 0. The average molecular weight is 473 g/mol. The van der Waals surface area contributed by atoms with Gasteiger partial charge in [0.1, 0.15) is 5.02 Å². The van der Waals surface area contributed by atoms with Crippen molar-refractivity contribution in [1.82, 2.24) is 14.9 Å². The van der Waals surface area contributed by atoms with Gasteiger partial charge in [0.25, 0.3) is 0 Å².